The minimum atomic E-state index is -3.48. The lowest BCUT2D eigenvalue weighted by Gasteiger charge is -2.02. The van der Waals surface area contributed by atoms with E-state index < -0.39 is 10.0 Å². The van der Waals surface area contributed by atoms with Gasteiger partial charge in [0.15, 0.2) is 0 Å². The minimum Gasteiger partial charge on any atom is -0.361 e. The highest BCUT2D eigenvalue weighted by Crippen LogP contribution is 2.10. The summed E-state index contributed by atoms with van der Waals surface area (Å²) in [5, 5.41) is 9.75. The molecule has 0 atom stereocenters. The molecule has 0 fully saturated rings. The second kappa shape index (κ2) is 3.97. The van der Waals surface area contributed by atoms with Crippen LogP contribution in [0, 0.1) is 6.92 Å². The van der Waals surface area contributed by atoms with Crippen LogP contribution in [0.15, 0.2) is 23.0 Å². The average molecular weight is 242 g/mol. The van der Waals surface area contributed by atoms with Crippen LogP contribution in [-0.2, 0) is 15.8 Å². The van der Waals surface area contributed by atoms with Gasteiger partial charge in [-0.05, 0) is 6.92 Å². The number of nitrogens with one attached hydrogen (secondary N) is 2. The van der Waals surface area contributed by atoms with E-state index in [1.165, 1.54) is 12.4 Å². The molecule has 7 nitrogen and oxygen atoms in total. The summed E-state index contributed by atoms with van der Waals surface area (Å²) in [6, 6.07) is 1.58. The fourth-order valence-corrected chi connectivity index (χ4v) is 2.27. The molecule has 2 N–H and O–H groups in total. The van der Waals surface area contributed by atoms with E-state index in [2.05, 4.69) is 20.1 Å². The first-order valence-electron chi connectivity index (χ1n) is 4.47. The molecule has 2 rings (SSSR count). The van der Waals surface area contributed by atoms with Crippen molar-refractivity contribution in [1.29, 1.82) is 0 Å². The summed E-state index contributed by atoms with van der Waals surface area (Å²) in [7, 11) is -3.48. The van der Waals surface area contributed by atoms with Crippen LogP contribution in [0.25, 0.3) is 0 Å². The van der Waals surface area contributed by atoms with Gasteiger partial charge in [-0.2, -0.15) is 5.10 Å². The van der Waals surface area contributed by atoms with Crippen LogP contribution in [0.5, 0.6) is 0 Å². The smallest absolute Gasteiger partial charge is 0.238 e. The van der Waals surface area contributed by atoms with Gasteiger partial charge in [0.25, 0.3) is 0 Å². The highest BCUT2D eigenvalue weighted by atomic mass is 32.2. The molecule has 0 aliphatic heterocycles. The van der Waals surface area contributed by atoms with Crippen LogP contribution < -0.4 is 4.72 Å². The van der Waals surface area contributed by atoms with Gasteiger partial charge in [-0.3, -0.25) is 9.82 Å². The first-order chi connectivity index (χ1) is 7.55. The zero-order valence-electron chi connectivity index (χ0n) is 8.47. The SMILES string of the molecule is Cc1cc(CS(=O)(=O)Nc2cn[nH]c2)no1. The monoisotopic (exact) mass is 242 g/mol. The highest BCUT2D eigenvalue weighted by Gasteiger charge is 2.14. The normalized spacial score (nSPS) is 11.6. The standard InChI is InChI=1S/C8H10N4O3S/c1-6-2-7(11-15-6)5-16(13,14)12-8-3-9-10-4-8/h2-4,12H,5H2,1H3,(H,9,10). The zero-order valence-corrected chi connectivity index (χ0v) is 9.28. The maximum atomic E-state index is 11.6. The summed E-state index contributed by atoms with van der Waals surface area (Å²) < 4.78 is 30.4. The molecule has 0 saturated carbocycles. The number of H-pyrrole nitrogens is 1. The molecule has 2 aromatic rings. The van der Waals surface area contributed by atoms with Gasteiger partial charge >= 0.3 is 0 Å². The lowest BCUT2D eigenvalue weighted by molar-refractivity contribution is 0.392. The highest BCUT2D eigenvalue weighted by molar-refractivity contribution is 7.91. The van der Waals surface area contributed by atoms with E-state index in [4.69, 9.17) is 4.52 Å². The van der Waals surface area contributed by atoms with E-state index in [9.17, 15) is 8.42 Å². The average Bonchev–Trinajstić information content (AvgIpc) is 2.76. The summed E-state index contributed by atoms with van der Waals surface area (Å²) in [5.41, 5.74) is 0.758. The third-order valence-corrected chi connectivity index (χ3v) is 3.01. The quantitative estimate of drug-likeness (QED) is 0.819. The van der Waals surface area contributed by atoms with E-state index >= 15 is 0 Å². The van der Waals surface area contributed by atoms with Crippen LogP contribution >= 0.6 is 0 Å². The Kier molecular flexibility index (Phi) is 2.65. The summed E-state index contributed by atoms with van der Waals surface area (Å²) in [4.78, 5) is 0. The number of hydrogen-bond acceptors (Lipinski definition) is 5. The van der Waals surface area contributed by atoms with Crippen molar-refractivity contribution < 1.29 is 12.9 Å². The molecule has 2 aromatic heterocycles. The largest absolute Gasteiger partial charge is 0.361 e. The Bertz CT molecular complexity index is 558. The molecule has 8 heteroatoms. The fraction of sp³-hybridized carbons (Fsp3) is 0.250. The first kappa shape index (κ1) is 10.7. The Labute approximate surface area is 91.9 Å². The molecule has 2 heterocycles. The van der Waals surface area contributed by atoms with Gasteiger partial charge in [0.05, 0.1) is 11.9 Å². The zero-order chi connectivity index (χ0) is 11.6. The van der Waals surface area contributed by atoms with E-state index in [1.54, 1.807) is 13.0 Å². The Balaban J connectivity index is 2.09. The number of aromatic nitrogens is 3. The van der Waals surface area contributed by atoms with Crippen molar-refractivity contribution in [3.05, 3.63) is 29.9 Å². The van der Waals surface area contributed by atoms with Crippen LogP contribution in [0.1, 0.15) is 11.5 Å². The van der Waals surface area contributed by atoms with Crippen molar-refractivity contribution in [2.24, 2.45) is 0 Å². The van der Waals surface area contributed by atoms with Gasteiger partial charge in [-0.15, -0.1) is 0 Å². The Morgan fingerprint density at radius 2 is 2.38 bits per heavy atom. The van der Waals surface area contributed by atoms with E-state index in [0.717, 1.165) is 0 Å². The number of hydrogen-bond donors (Lipinski definition) is 2. The number of anilines is 1. The minimum absolute atomic E-state index is 0.227. The molecular formula is C8H10N4O3S. The van der Waals surface area contributed by atoms with Crippen molar-refractivity contribution in [3.63, 3.8) is 0 Å². The van der Waals surface area contributed by atoms with Crippen LogP contribution in [-0.4, -0.2) is 23.8 Å². The van der Waals surface area contributed by atoms with Gasteiger partial charge in [0.2, 0.25) is 10.0 Å². The molecule has 0 unspecified atom stereocenters. The van der Waals surface area contributed by atoms with E-state index in [1.807, 2.05) is 0 Å². The van der Waals surface area contributed by atoms with Crippen LogP contribution in [0.4, 0.5) is 5.69 Å². The van der Waals surface area contributed by atoms with E-state index in [-0.39, 0.29) is 5.75 Å². The molecule has 16 heavy (non-hydrogen) atoms. The van der Waals surface area contributed by atoms with Crippen molar-refractivity contribution in [1.82, 2.24) is 15.4 Å². The fourth-order valence-electron chi connectivity index (χ4n) is 1.20. The number of rotatable bonds is 4. The number of nitrogens with zero attached hydrogens (tertiary/aromatic N) is 2. The number of sulfonamides is 1. The Morgan fingerprint density at radius 3 is 2.94 bits per heavy atom. The summed E-state index contributed by atoms with van der Waals surface area (Å²) in [6.45, 7) is 1.70. The molecule has 0 saturated heterocycles. The van der Waals surface area contributed by atoms with E-state index in [0.29, 0.717) is 17.1 Å². The number of aryl methyl sites for hydroxylation is 1. The molecule has 0 radical (unpaired) electrons. The van der Waals surface area contributed by atoms with Crippen molar-refractivity contribution in [2.45, 2.75) is 12.7 Å². The molecule has 0 aliphatic carbocycles. The summed E-state index contributed by atoms with van der Waals surface area (Å²) in [5.74, 6) is 0.351. The van der Waals surface area contributed by atoms with Gasteiger partial charge in [0.1, 0.15) is 17.2 Å². The van der Waals surface area contributed by atoms with Gasteiger partial charge in [-0.1, -0.05) is 5.16 Å². The van der Waals surface area contributed by atoms with Crippen molar-refractivity contribution in [3.8, 4) is 0 Å². The van der Waals surface area contributed by atoms with Crippen molar-refractivity contribution in [2.75, 3.05) is 4.72 Å². The van der Waals surface area contributed by atoms with Gasteiger partial charge in [-0.25, -0.2) is 8.42 Å². The second-order valence-corrected chi connectivity index (χ2v) is 5.00. The maximum absolute atomic E-state index is 11.6. The predicted octanol–water partition coefficient (Wildman–Crippen LogP) is 0.648. The number of aromatic amines is 1. The van der Waals surface area contributed by atoms with Gasteiger partial charge < -0.3 is 4.52 Å². The third kappa shape index (κ3) is 2.60. The second-order valence-electron chi connectivity index (χ2n) is 3.28. The molecule has 0 aromatic carbocycles. The topological polar surface area (TPSA) is 101 Å². The lowest BCUT2D eigenvalue weighted by atomic mass is 10.4. The summed E-state index contributed by atoms with van der Waals surface area (Å²) in [6.07, 6.45) is 2.83. The first-order valence-corrected chi connectivity index (χ1v) is 6.12. The molecule has 0 bridgehead atoms. The predicted molar refractivity (Wildman–Crippen MR) is 56.1 cm³/mol. The molecular weight excluding hydrogens is 232 g/mol. The Morgan fingerprint density at radius 1 is 1.56 bits per heavy atom. The molecule has 0 spiro atoms. The maximum Gasteiger partial charge on any atom is 0.238 e. The van der Waals surface area contributed by atoms with Crippen LogP contribution in [0.3, 0.4) is 0 Å². The van der Waals surface area contributed by atoms with Crippen LogP contribution in [0.2, 0.25) is 0 Å². The van der Waals surface area contributed by atoms with Gasteiger partial charge in [0, 0.05) is 12.3 Å². The Hall–Kier alpha value is -1.83. The van der Waals surface area contributed by atoms with Crippen molar-refractivity contribution >= 4 is 15.7 Å². The molecule has 0 amide bonds. The third-order valence-electron chi connectivity index (χ3n) is 1.79. The summed E-state index contributed by atoms with van der Waals surface area (Å²) >= 11 is 0. The lowest BCUT2D eigenvalue weighted by Crippen LogP contribution is -2.14. The molecule has 86 valence electrons. The molecule has 0 aliphatic rings.